The average molecular weight is 202 g/mol. The van der Waals surface area contributed by atoms with Crippen LogP contribution in [-0.4, -0.2) is 12.9 Å². The second-order valence-corrected chi connectivity index (χ2v) is 3.72. The lowest BCUT2D eigenvalue weighted by atomic mass is 10.1. The van der Waals surface area contributed by atoms with Gasteiger partial charge in [0.15, 0.2) is 5.78 Å². The van der Waals surface area contributed by atoms with Gasteiger partial charge in [-0.2, -0.15) is 0 Å². The molecule has 1 aromatic carbocycles. The van der Waals surface area contributed by atoms with Crippen LogP contribution < -0.4 is 4.74 Å². The van der Waals surface area contributed by atoms with E-state index in [1.54, 1.807) is 7.11 Å². The average Bonchev–Trinajstić information content (AvgIpc) is 2.66. The molecule has 0 saturated heterocycles. The van der Waals surface area contributed by atoms with Crippen molar-refractivity contribution < 1.29 is 9.53 Å². The van der Waals surface area contributed by atoms with Crippen LogP contribution in [0.3, 0.4) is 0 Å². The standard InChI is InChI=1S/C13H14O2/c1-15-12-7-5-10(6-8-12)9-11-3-2-4-13(11)14/h5-9H,2-4H2,1H3. The number of carbonyl (C=O) groups is 1. The third-order valence-electron chi connectivity index (χ3n) is 2.66. The van der Waals surface area contributed by atoms with Gasteiger partial charge in [0.1, 0.15) is 5.75 Å². The summed E-state index contributed by atoms with van der Waals surface area (Å²) in [4.78, 5) is 11.4. The Morgan fingerprint density at radius 2 is 1.93 bits per heavy atom. The summed E-state index contributed by atoms with van der Waals surface area (Å²) < 4.78 is 5.07. The summed E-state index contributed by atoms with van der Waals surface area (Å²) in [5, 5.41) is 0. The van der Waals surface area contributed by atoms with Crippen molar-refractivity contribution in [3.05, 3.63) is 35.4 Å². The molecule has 0 bridgehead atoms. The van der Waals surface area contributed by atoms with Gasteiger partial charge in [0, 0.05) is 6.42 Å². The number of ether oxygens (including phenoxy) is 1. The molecular weight excluding hydrogens is 188 g/mol. The first-order valence-corrected chi connectivity index (χ1v) is 5.17. The van der Waals surface area contributed by atoms with E-state index < -0.39 is 0 Å². The molecule has 2 heteroatoms. The number of rotatable bonds is 2. The van der Waals surface area contributed by atoms with E-state index in [4.69, 9.17) is 4.74 Å². The van der Waals surface area contributed by atoms with Crippen LogP contribution in [0.4, 0.5) is 0 Å². The highest BCUT2D eigenvalue weighted by atomic mass is 16.5. The number of hydrogen-bond acceptors (Lipinski definition) is 2. The van der Waals surface area contributed by atoms with Crippen LogP contribution in [-0.2, 0) is 4.79 Å². The molecule has 0 spiro atoms. The van der Waals surface area contributed by atoms with E-state index in [9.17, 15) is 4.79 Å². The SMILES string of the molecule is COc1ccc(C=C2CCCC2=O)cc1. The summed E-state index contributed by atoms with van der Waals surface area (Å²) in [7, 11) is 1.65. The minimum absolute atomic E-state index is 0.297. The largest absolute Gasteiger partial charge is 0.497 e. The van der Waals surface area contributed by atoms with Crippen LogP contribution in [0.2, 0.25) is 0 Å². The lowest BCUT2D eigenvalue weighted by Crippen LogP contribution is -1.90. The second-order valence-electron chi connectivity index (χ2n) is 3.72. The van der Waals surface area contributed by atoms with Crippen molar-refractivity contribution in [2.45, 2.75) is 19.3 Å². The summed E-state index contributed by atoms with van der Waals surface area (Å²) in [6.07, 6.45) is 4.61. The molecule has 1 fully saturated rings. The van der Waals surface area contributed by atoms with Gasteiger partial charge in [0.2, 0.25) is 0 Å². The van der Waals surface area contributed by atoms with Crippen molar-refractivity contribution in [3.8, 4) is 5.75 Å². The molecule has 1 aliphatic rings. The Morgan fingerprint density at radius 1 is 1.20 bits per heavy atom. The number of methoxy groups -OCH3 is 1. The van der Waals surface area contributed by atoms with Crippen LogP contribution in [0.15, 0.2) is 29.8 Å². The van der Waals surface area contributed by atoms with Gasteiger partial charge in [0.25, 0.3) is 0 Å². The highest BCUT2D eigenvalue weighted by molar-refractivity contribution is 6.01. The van der Waals surface area contributed by atoms with E-state index in [1.807, 2.05) is 30.3 Å². The zero-order valence-electron chi connectivity index (χ0n) is 8.82. The smallest absolute Gasteiger partial charge is 0.158 e. The predicted octanol–water partition coefficient (Wildman–Crippen LogP) is 2.83. The van der Waals surface area contributed by atoms with Crippen LogP contribution in [0.1, 0.15) is 24.8 Å². The topological polar surface area (TPSA) is 26.3 Å². The quantitative estimate of drug-likeness (QED) is 0.689. The van der Waals surface area contributed by atoms with E-state index in [0.29, 0.717) is 12.2 Å². The van der Waals surface area contributed by atoms with Gasteiger partial charge in [-0.15, -0.1) is 0 Å². The van der Waals surface area contributed by atoms with E-state index in [1.165, 1.54) is 0 Å². The molecule has 1 aliphatic carbocycles. The number of carbonyl (C=O) groups excluding carboxylic acids is 1. The molecule has 0 heterocycles. The zero-order valence-corrected chi connectivity index (χ0v) is 8.82. The molecule has 0 radical (unpaired) electrons. The van der Waals surface area contributed by atoms with Crippen LogP contribution in [0.5, 0.6) is 5.75 Å². The maximum Gasteiger partial charge on any atom is 0.158 e. The summed E-state index contributed by atoms with van der Waals surface area (Å²) >= 11 is 0. The predicted molar refractivity (Wildman–Crippen MR) is 59.8 cm³/mol. The lowest BCUT2D eigenvalue weighted by molar-refractivity contribution is -0.114. The van der Waals surface area contributed by atoms with Crippen molar-refractivity contribution in [1.82, 2.24) is 0 Å². The monoisotopic (exact) mass is 202 g/mol. The summed E-state index contributed by atoms with van der Waals surface area (Å²) in [5.74, 6) is 1.14. The van der Waals surface area contributed by atoms with Crippen molar-refractivity contribution in [2.75, 3.05) is 7.11 Å². The van der Waals surface area contributed by atoms with Gasteiger partial charge in [-0.3, -0.25) is 4.79 Å². The lowest BCUT2D eigenvalue weighted by Gasteiger charge is -2.00. The van der Waals surface area contributed by atoms with Gasteiger partial charge in [-0.05, 0) is 42.2 Å². The summed E-state index contributed by atoms with van der Waals surface area (Å²) in [6, 6.07) is 7.76. The van der Waals surface area contributed by atoms with Crippen molar-refractivity contribution in [1.29, 1.82) is 0 Å². The van der Waals surface area contributed by atoms with E-state index >= 15 is 0 Å². The molecule has 78 valence electrons. The van der Waals surface area contributed by atoms with Gasteiger partial charge < -0.3 is 4.74 Å². The Balaban J connectivity index is 2.20. The Kier molecular flexibility index (Phi) is 2.86. The fourth-order valence-electron chi connectivity index (χ4n) is 1.79. The molecule has 0 unspecified atom stereocenters. The fourth-order valence-corrected chi connectivity index (χ4v) is 1.79. The number of Topliss-reactive ketones (excluding diaryl/α,β-unsaturated/α-hetero) is 1. The molecule has 0 atom stereocenters. The molecule has 1 saturated carbocycles. The van der Waals surface area contributed by atoms with Crippen molar-refractivity contribution in [2.24, 2.45) is 0 Å². The van der Waals surface area contributed by atoms with Crippen LogP contribution >= 0.6 is 0 Å². The minimum Gasteiger partial charge on any atom is -0.497 e. The number of ketones is 1. The Hall–Kier alpha value is -1.57. The maximum atomic E-state index is 11.4. The summed E-state index contributed by atoms with van der Waals surface area (Å²) in [6.45, 7) is 0. The van der Waals surface area contributed by atoms with Gasteiger partial charge in [-0.25, -0.2) is 0 Å². The molecule has 2 rings (SSSR count). The number of allylic oxidation sites excluding steroid dienone is 1. The van der Waals surface area contributed by atoms with E-state index in [-0.39, 0.29) is 0 Å². The molecule has 0 aliphatic heterocycles. The van der Waals surface area contributed by atoms with Crippen molar-refractivity contribution in [3.63, 3.8) is 0 Å². The molecule has 0 amide bonds. The molecule has 0 aromatic heterocycles. The fraction of sp³-hybridized carbons (Fsp3) is 0.308. The molecule has 2 nitrogen and oxygen atoms in total. The number of hydrogen-bond donors (Lipinski definition) is 0. The Bertz CT molecular complexity index is 388. The Labute approximate surface area is 89.6 Å². The first-order chi connectivity index (χ1) is 7.29. The maximum absolute atomic E-state index is 11.4. The van der Waals surface area contributed by atoms with Crippen LogP contribution in [0.25, 0.3) is 6.08 Å². The molecule has 0 N–H and O–H groups in total. The second kappa shape index (κ2) is 4.30. The minimum atomic E-state index is 0.297. The first-order valence-electron chi connectivity index (χ1n) is 5.17. The van der Waals surface area contributed by atoms with Crippen LogP contribution in [0, 0.1) is 0 Å². The molecular formula is C13H14O2. The normalized spacial score (nSPS) is 18.5. The van der Waals surface area contributed by atoms with Crippen molar-refractivity contribution >= 4 is 11.9 Å². The molecule has 15 heavy (non-hydrogen) atoms. The van der Waals surface area contributed by atoms with Gasteiger partial charge in [-0.1, -0.05) is 12.1 Å². The number of benzene rings is 1. The van der Waals surface area contributed by atoms with E-state index in [0.717, 1.165) is 29.7 Å². The highest BCUT2D eigenvalue weighted by Gasteiger charge is 2.16. The summed E-state index contributed by atoms with van der Waals surface area (Å²) in [5.41, 5.74) is 2.03. The third kappa shape index (κ3) is 2.27. The zero-order chi connectivity index (χ0) is 10.7. The first kappa shape index (κ1) is 9.97. The van der Waals surface area contributed by atoms with Gasteiger partial charge >= 0.3 is 0 Å². The highest BCUT2D eigenvalue weighted by Crippen LogP contribution is 2.23. The van der Waals surface area contributed by atoms with E-state index in [2.05, 4.69) is 0 Å². The molecule has 1 aromatic rings. The Morgan fingerprint density at radius 3 is 2.47 bits per heavy atom. The van der Waals surface area contributed by atoms with Gasteiger partial charge in [0.05, 0.1) is 7.11 Å². The third-order valence-corrected chi connectivity index (χ3v) is 2.66.